The molecule has 1 aromatic carbocycles. The van der Waals surface area contributed by atoms with Gasteiger partial charge in [0, 0.05) is 18.3 Å². The van der Waals surface area contributed by atoms with Crippen LogP contribution in [0, 0.1) is 0 Å². The number of rotatable bonds is 5. The molecule has 0 amide bonds. The molecule has 4 nitrogen and oxygen atoms in total. The second-order valence-electron chi connectivity index (χ2n) is 4.85. The van der Waals surface area contributed by atoms with Crippen molar-refractivity contribution in [2.75, 3.05) is 23.8 Å². The zero-order valence-corrected chi connectivity index (χ0v) is 13.4. The van der Waals surface area contributed by atoms with Gasteiger partial charge in [-0.05, 0) is 18.6 Å². The predicted octanol–water partition coefficient (Wildman–Crippen LogP) is 2.17. The van der Waals surface area contributed by atoms with Gasteiger partial charge >= 0.3 is 0 Å². The van der Waals surface area contributed by atoms with Crippen molar-refractivity contribution >= 4 is 43.2 Å². The number of para-hydroxylation sites is 1. The first-order chi connectivity index (χ1) is 9.62. The number of thioether (sulfide) groups is 1. The lowest BCUT2D eigenvalue weighted by Crippen LogP contribution is -2.31. The lowest BCUT2D eigenvalue weighted by molar-refractivity contribution is 0.575. The topological polar surface area (TPSA) is 59.1 Å². The zero-order chi connectivity index (χ0) is 14.0. The lowest BCUT2D eigenvalue weighted by Gasteiger charge is -2.09. The van der Waals surface area contributed by atoms with Gasteiger partial charge in [-0.25, -0.2) is 13.4 Å². The van der Waals surface area contributed by atoms with E-state index < -0.39 is 9.84 Å². The summed E-state index contributed by atoms with van der Waals surface area (Å²) in [6.07, 6.45) is 0.744. The summed E-state index contributed by atoms with van der Waals surface area (Å²) < 4.78 is 25.0. The maximum absolute atomic E-state index is 11.3. The summed E-state index contributed by atoms with van der Waals surface area (Å²) in [6.45, 7) is 0.820. The molecule has 0 spiro atoms. The molecular formula is C13H16N2O2S3. The smallest absolute Gasteiger partial charge is 0.151 e. The Balaban J connectivity index is 1.46. The number of thiazole rings is 1. The lowest BCUT2D eigenvalue weighted by atomic mass is 10.3. The van der Waals surface area contributed by atoms with E-state index in [4.69, 9.17) is 0 Å². The van der Waals surface area contributed by atoms with Crippen LogP contribution in [0.3, 0.4) is 0 Å². The normalized spacial score (nSPS) is 21.5. The minimum absolute atomic E-state index is 0.135. The van der Waals surface area contributed by atoms with Gasteiger partial charge in [0.1, 0.15) is 0 Å². The van der Waals surface area contributed by atoms with Crippen LogP contribution in [-0.4, -0.2) is 43.2 Å². The van der Waals surface area contributed by atoms with E-state index in [0.717, 1.165) is 28.6 Å². The van der Waals surface area contributed by atoms with E-state index in [-0.39, 0.29) is 6.04 Å². The summed E-state index contributed by atoms with van der Waals surface area (Å²) in [7, 11) is -2.78. The Morgan fingerprint density at radius 2 is 2.25 bits per heavy atom. The Bertz CT molecular complexity index is 663. The van der Waals surface area contributed by atoms with Crippen molar-refractivity contribution in [1.82, 2.24) is 10.3 Å². The van der Waals surface area contributed by atoms with Crippen LogP contribution in [0.2, 0.25) is 0 Å². The number of hydrogen-bond donors (Lipinski definition) is 1. The molecule has 1 aliphatic heterocycles. The molecule has 1 unspecified atom stereocenters. The van der Waals surface area contributed by atoms with E-state index in [1.54, 1.807) is 23.1 Å². The van der Waals surface area contributed by atoms with Crippen LogP contribution in [-0.2, 0) is 9.84 Å². The van der Waals surface area contributed by atoms with Gasteiger partial charge in [0.05, 0.1) is 21.7 Å². The van der Waals surface area contributed by atoms with E-state index in [0.29, 0.717) is 11.5 Å². The summed E-state index contributed by atoms with van der Waals surface area (Å²) >= 11 is 3.43. The van der Waals surface area contributed by atoms with E-state index in [9.17, 15) is 8.42 Å². The van der Waals surface area contributed by atoms with Crippen LogP contribution in [0.4, 0.5) is 0 Å². The Morgan fingerprint density at radius 1 is 1.40 bits per heavy atom. The zero-order valence-electron chi connectivity index (χ0n) is 10.9. The highest BCUT2D eigenvalue weighted by atomic mass is 32.2. The number of fused-ring (bicyclic) bond motifs is 1. The van der Waals surface area contributed by atoms with Crippen molar-refractivity contribution in [2.24, 2.45) is 0 Å². The van der Waals surface area contributed by atoms with E-state index >= 15 is 0 Å². The molecule has 2 heterocycles. The molecular weight excluding hydrogens is 312 g/mol. The van der Waals surface area contributed by atoms with Crippen molar-refractivity contribution in [1.29, 1.82) is 0 Å². The third-order valence-corrected chi connectivity index (χ3v) is 7.22. The number of benzene rings is 1. The average Bonchev–Trinajstić information content (AvgIpc) is 2.97. The summed E-state index contributed by atoms with van der Waals surface area (Å²) in [4.78, 5) is 4.56. The molecule has 7 heteroatoms. The Hall–Kier alpha value is -0.630. The molecule has 1 atom stereocenters. The fraction of sp³-hybridized carbons (Fsp3) is 0.462. The Labute approximate surface area is 126 Å². The van der Waals surface area contributed by atoms with Gasteiger partial charge in [-0.1, -0.05) is 23.9 Å². The standard InChI is InChI=1S/C13H16N2O2S3/c16-20(17)8-5-10(9-20)14-6-7-18-13-15-11-3-1-2-4-12(11)19-13/h1-4,10,14H,5-9H2. The minimum atomic E-state index is -2.78. The summed E-state index contributed by atoms with van der Waals surface area (Å²) in [5.74, 6) is 1.53. The number of aromatic nitrogens is 1. The molecule has 0 radical (unpaired) electrons. The highest BCUT2D eigenvalue weighted by molar-refractivity contribution is 8.01. The fourth-order valence-electron chi connectivity index (χ4n) is 2.27. The van der Waals surface area contributed by atoms with E-state index in [1.807, 2.05) is 18.2 Å². The molecule has 1 N–H and O–H groups in total. The van der Waals surface area contributed by atoms with Crippen molar-refractivity contribution in [3.8, 4) is 0 Å². The second-order valence-corrected chi connectivity index (χ2v) is 9.45. The monoisotopic (exact) mass is 328 g/mol. The van der Waals surface area contributed by atoms with Gasteiger partial charge in [-0.2, -0.15) is 0 Å². The number of sulfone groups is 1. The molecule has 0 bridgehead atoms. The Kier molecular flexibility index (Phi) is 4.30. The van der Waals surface area contributed by atoms with E-state index in [1.165, 1.54) is 4.70 Å². The van der Waals surface area contributed by atoms with Crippen LogP contribution in [0.25, 0.3) is 10.2 Å². The molecule has 1 aromatic heterocycles. The largest absolute Gasteiger partial charge is 0.312 e. The average molecular weight is 328 g/mol. The number of nitrogens with one attached hydrogen (secondary N) is 1. The fourth-order valence-corrected chi connectivity index (χ4v) is 5.99. The summed E-state index contributed by atoms with van der Waals surface area (Å²) in [5, 5.41) is 3.32. The SMILES string of the molecule is O=S1(=O)CCC(NCCSc2nc3ccccc3s2)C1. The van der Waals surface area contributed by atoms with Crippen LogP contribution in [0.5, 0.6) is 0 Å². The minimum Gasteiger partial charge on any atom is -0.312 e. The van der Waals surface area contributed by atoms with Gasteiger partial charge in [0.2, 0.25) is 0 Å². The third kappa shape index (κ3) is 3.52. The molecule has 1 saturated heterocycles. The number of hydrogen-bond acceptors (Lipinski definition) is 6. The molecule has 0 aliphatic carbocycles. The Morgan fingerprint density at radius 3 is 3.00 bits per heavy atom. The molecule has 20 heavy (non-hydrogen) atoms. The van der Waals surface area contributed by atoms with Gasteiger partial charge in [-0.3, -0.25) is 0 Å². The molecule has 108 valence electrons. The first-order valence-electron chi connectivity index (χ1n) is 6.55. The maximum Gasteiger partial charge on any atom is 0.151 e. The van der Waals surface area contributed by atoms with Gasteiger partial charge in [0.25, 0.3) is 0 Å². The van der Waals surface area contributed by atoms with Gasteiger partial charge < -0.3 is 5.32 Å². The second kappa shape index (κ2) is 6.01. The highest BCUT2D eigenvalue weighted by Crippen LogP contribution is 2.28. The van der Waals surface area contributed by atoms with Crippen molar-refractivity contribution in [2.45, 2.75) is 16.8 Å². The summed E-state index contributed by atoms with van der Waals surface area (Å²) in [6, 6.07) is 8.27. The maximum atomic E-state index is 11.3. The predicted molar refractivity (Wildman–Crippen MR) is 85.4 cm³/mol. The quantitative estimate of drug-likeness (QED) is 0.673. The molecule has 1 aliphatic rings. The van der Waals surface area contributed by atoms with Crippen molar-refractivity contribution in [3.63, 3.8) is 0 Å². The first kappa shape index (κ1) is 14.3. The van der Waals surface area contributed by atoms with Crippen LogP contribution in [0.1, 0.15) is 6.42 Å². The van der Waals surface area contributed by atoms with Crippen molar-refractivity contribution < 1.29 is 8.42 Å². The third-order valence-electron chi connectivity index (χ3n) is 3.27. The molecule has 1 fully saturated rings. The molecule has 3 rings (SSSR count). The van der Waals surface area contributed by atoms with Crippen LogP contribution < -0.4 is 5.32 Å². The molecule has 2 aromatic rings. The van der Waals surface area contributed by atoms with Crippen LogP contribution >= 0.6 is 23.1 Å². The summed E-state index contributed by atoms with van der Waals surface area (Å²) in [5.41, 5.74) is 1.05. The molecule has 0 saturated carbocycles. The van der Waals surface area contributed by atoms with E-state index in [2.05, 4.69) is 16.4 Å². The van der Waals surface area contributed by atoms with Crippen LogP contribution in [0.15, 0.2) is 28.6 Å². The highest BCUT2D eigenvalue weighted by Gasteiger charge is 2.26. The number of nitrogens with zero attached hydrogens (tertiary/aromatic N) is 1. The first-order valence-corrected chi connectivity index (χ1v) is 10.2. The van der Waals surface area contributed by atoms with Gasteiger partial charge in [0.15, 0.2) is 14.2 Å². The van der Waals surface area contributed by atoms with Gasteiger partial charge in [-0.15, -0.1) is 11.3 Å². The van der Waals surface area contributed by atoms with Crippen molar-refractivity contribution in [3.05, 3.63) is 24.3 Å².